The summed E-state index contributed by atoms with van der Waals surface area (Å²) < 4.78 is 10.5. The van der Waals surface area contributed by atoms with Gasteiger partial charge in [-0.25, -0.2) is 4.79 Å². The maximum atomic E-state index is 12.0. The highest BCUT2D eigenvalue weighted by molar-refractivity contribution is 5.74. The molecule has 19 heavy (non-hydrogen) atoms. The molecule has 5 heteroatoms. The largest absolute Gasteiger partial charge is 0.493 e. The van der Waals surface area contributed by atoms with Crippen LogP contribution >= 0.6 is 0 Å². The molecule has 0 unspecified atom stereocenters. The Bertz CT molecular complexity index is 462. The van der Waals surface area contributed by atoms with Crippen molar-refractivity contribution in [3.63, 3.8) is 0 Å². The van der Waals surface area contributed by atoms with E-state index in [0.717, 1.165) is 25.1 Å². The Morgan fingerprint density at radius 3 is 2.58 bits per heavy atom. The van der Waals surface area contributed by atoms with E-state index in [9.17, 15) is 4.79 Å². The summed E-state index contributed by atoms with van der Waals surface area (Å²) in [7, 11) is 5.06. The molecule has 1 heterocycles. The molecule has 1 aromatic carbocycles. The lowest BCUT2D eigenvalue weighted by Crippen LogP contribution is -2.46. The van der Waals surface area contributed by atoms with Crippen LogP contribution in [-0.2, 0) is 6.54 Å². The summed E-state index contributed by atoms with van der Waals surface area (Å²) in [6.07, 6.45) is 1.01. The zero-order valence-corrected chi connectivity index (χ0v) is 11.7. The number of methoxy groups -OCH3 is 2. The van der Waals surface area contributed by atoms with E-state index < -0.39 is 0 Å². The molecule has 0 aromatic heterocycles. The van der Waals surface area contributed by atoms with Gasteiger partial charge in [0.05, 0.1) is 14.2 Å². The van der Waals surface area contributed by atoms with E-state index in [4.69, 9.17) is 9.47 Å². The number of carbonyl (C=O) groups excluding carboxylic acids is 1. The zero-order chi connectivity index (χ0) is 13.8. The second-order valence-electron chi connectivity index (χ2n) is 4.67. The quantitative estimate of drug-likeness (QED) is 0.835. The molecule has 0 radical (unpaired) electrons. The van der Waals surface area contributed by atoms with Crippen LogP contribution in [0.3, 0.4) is 0 Å². The molecule has 1 aliphatic heterocycles. The highest BCUT2D eigenvalue weighted by Crippen LogP contribution is 2.28. The fourth-order valence-electron chi connectivity index (χ4n) is 2.28. The van der Waals surface area contributed by atoms with E-state index in [-0.39, 0.29) is 6.03 Å². The van der Waals surface area contributed by atoms with Crippen LogP contribution in [0.5, 0.6) is 11.5 Å². The van der Waals surface area contributed by atoms with Crippen LogP contribution in [0.25, 0.3) is 0 Å². The fourth-order valence-corrected chi connectivity index (χ4v) is 2.28. The lowest BCUT2D eigenvalue weighted by atomic mass is 10.1. The Morgan fingerprint density at radius 2 is 1.89 bits per heavy atom. The molecule has 0 saturated carbocycles. The summed E-state index contributed by atoms with van der Waals surface area (Å²) >= 11 is 0. The summed E-state index contributed by atoms with van der Waals surface area (Å²) in [5.74, 6) is 1.39. The first-order valence-electron chi connectivity index (χ1n) is 6.36. The first-order valence-corrected chi connectivity index (χ1v) is 6.36. The molecule has 0 bridgehead atoms. The Labute approximate surface area is 113 Å². The summed E-state index contributed by atoms with van der Waals surface area (Å²) in [6, 6.07) is 5.83. The number of hydrogen-bond acceptors (Lipinski definition) is 3. The minimum atomic E-state index is 0.0843. The van der Waals surface area contributed by atoms with Crippen LogP contribution in [0.2, 0.25) is 0 Å². The minimum Gasteiger partial charge on any atom is -0.493 e. The maximum absolute atomic E-state index is 12.0. The SMILES string of the molecule is COc1ccc(CN2CCCN(C)C2=O)cc1OC. The molecule has 2 amide bonds. The summed E-state index contributed by atoms with van der Waals surface area (Å²) in [5.41, 5.74) is 1.04. The molecular formula is C14H20N2O3. The molecular weight excluding hydrogens is 244 g/mol. The van der Waals surface area contributed by atoms with Crippen molar-refractivity contribution in [1.29, 1.82) is 0 Å². The van der Waals surface area contributed by atoms with Crippen LogP contribution in [0.1, 0.15) is 12.0 Å². The first-order chi connectivity index (χ1) is 9.15. The van der Waals surface area contributed by atoms with E-state index in [0.29, 0.717) is 18.0 Å². The van der Waals surface area contributed by atoms with Gasteiger partial charge in [-0.15, -0.1) is 0 Å². The third-order valence-corrected chi connectivity index (χ3v) is 3.34. The van der Waals surface area contributed by atoms with E-state index in [2.05, 4.69) is 0 Å². The predicted molar refractivity (Wildman–Crippen MR) is 72.6 cm³/mol. The number of rotatable bonds is 4. The van der Waals surface area contributed by atoms with Gasteiger partial charge < -0.3 is 19.3 Å². The highest BCUT2D eigenvalue weighted by atomic mass is 16.5. The average molecular weight is 264 g/mol. The molecule has 1 saturated heterocycles. The smallest absolute Gasteiger partial charge is 0.320 e. The van der Waals surface area contributed by atoms with Crippen molar-refractivity contribution in [1.82, 2.24) is 9.80 Å². The molecule has 0 atom stereocenters. The second kappa shape index (κ2) is 5.82. The number of benzene rings is 1. The van der Waals surface area contributed by atoms with Crippen LogP contribution < -0.4 is 9.47 Å². The Hall–Kier alpha value is -1.91. The normalized spacial score (nSPS) is 15.6. The van der Waals surface area contributed by atoms with Crippen LogP contribution in [0, 0.1) is 0 Å². The van der Waals surface area contributed by atoms with Crippen LogP contribution in [0.4, 0.5) is 4.79 Å². The lowest BCUT2D eigenvalue weighted by molar-refractivity contribution is 0.138. The van der Waals surface area contributed by atoms with Gasteiger partial charge in [0, 0.05) is 26.7 Å². The zero-order valence-electron chi connectivity index (χ0n) is 11.7. The van der Waals surface area contributed by atoms with Gasteiger partial charge in [-0.05, 0) is 24.1 Å². The monoisotopic (exact) mass is 264 g/mol. The molecule has 2 rings (SSSR count). The number of hydrogen-bond donors (Lipinski definition) is 0. The molecule has 0 aliphatic carbocycles. The number of carbonyl (C=O) groups is 1. The van der Waals surface area contributed by atoms with Crippen molar-refractivity contribution in [2.45, 2.75) is 13.0 Å². The first kappa shape index (κ1) is 13.5. The second-order valence-corrected chi connectivity index (χ2v) is 4.67. The van der Waals surface area contributed by atoms with Gasteiger partial charge in [0.2, 0.25) is 0 Å². The van der Waals surface area contributed by atoms with Crippen molar-refractivity contribution in [3.05, 3.63) is 23.8 Å². The Balaban J connectivity index is 2.12. The van der Waals surface area contributed by atoms with Gasteiger partial charge >= 0.3 is 6.03 Å². The molecule has 104 valence electrons. The van der Waals surface area contributed by atoms with Crippen molar-refractivity contribution in [3.8, 4) is 11.5 Å². The summed E-state index contributed by atoms with van der Waals surface area (Å²) in [5, 5.41) is 0. The summed E-state index contributed by atoms with van der Waals surface area (Å²) in [4.78, 5) is 15.6. The third-order valence-electron chi connectivity index (χ3n) is 3.34. The van der Waals surface area contributed by atoms with E-state index in [1.165, 1.54) is 0 Å². The highest BCUT2D eigenvalue weighted by Gasteiger charge is 2.22. The predicted octanol–water partition coefficient (Wildman–Crippen LogP) is 1.96. The molecule has 5 nitrogen and oxygen atoms in total. The van der Waals surface area contributed by atoms with E-state index >= 15 is 0 Å². The molecule has 0 N–H and O–H groups in total. The number of urea groups is 1. The van der Waals surface area contributed by atoms with Crippen molar-refractivity contribution in [2.24, 2.45) is 0 Å². The van der Waals surface area contributed by atoms with E-state index in [1.807, 2.05) is 30.1 Å². The Morgan fingerprint density at radius 1 is 1.16 bits per heavy atom. The number of ether oxygens (including phenoxy) is 2. The van der Waals surface area contributed by atoms with Gasteiger partial charge in [0.15, 0.2) is 11.5 Å². The number of amides is 2. The summed E-state index contributed by atoms with van der Waals surface area (Å²) in [6.45, 7) is 2.24. The number of nitrogens with zero attached hydrogens (tertiary/aromatic N) is 2. The van der Waals surface area contributed by atoms with Crippen molar-refractivity contribution >= 4 is 6.03 Å². The Kier molecular flexibility index (Phi) is 4.14. The molecule has 1 aromatic rings. The van der Waals surface area contributed by atoms with Crippen LogP contribution in [-0.4, -0.2) is 50.2 Å². The van der Waals surface area contributed by atoms with Crippen molar-refractivity contribution < 1.29 is 14.3 Å². The average Bonchev–Trinajstić information content (AvgIpc) is 2.43. The molecule has 1 fully saturated rings. The molecule has 1 aliphatic rings. The van der Waals surface area contributed by atoms with Gasteiger partial charge in [-0.1, -0.05) is 6.07 Å². The fraction of sp³-hybridized carbons (Fsp3) is 0.500. The van der Waals surface area contributed by atoms with Gasteiger partial charge in [-0.2, -0.15) is 0 Å². The molecule has 0 spiro atoms. The minimum absolute atomic E-state index is 0.0843. The van der Waals surface area contributed by atoms with Crippen LogP contribution in [0.15, 0.2) is 18.2 Å². The maximum Gasteiger partial charge on any atom is 0.320 e. The topological polar surface area (TPSA) is 42.0 Å². The standard InChI is InChI=1S/C14H20N2O3/c1-15-7-4-8-16(14(15)17)10-11-5-6-12(18-2)13(9-11)19-3/h5-6,9H,4,7-8,10H2,1-3H3. The lowest BCUT2D eigenvalue weighted by Gasteiger charge is -2.33. The van der Waals surface area contributed by atoms with Gasteiger partial charge in [0.1, 0.15) is 0 Å². The van der Waals surface area contributed by atoms with E-state index in [1.54, 1.807) is 19.1 Å². The third kappa shape index (κ3) is 2.92. The van der Waals surface area contributed by atoms with Gasteiger partial charge in [-0.3, -0.25) is 0 Å². The van der Waals surface area contributed by atoms with Gasteiger partial charge in [0.25, 0.3) is 0 Å². The van der Waals surface area contributed by atoms with Crippen molar-refractivity contribution in [2.75, 3.05) is 34.4 Å².